The summed E-state index contributed by atoms with van der Waals surface area (Å²) in [4.78, 5) is 11.6. The van der Waals surface area contributed by atoms with E-state index >= 15 is 0 Å². The SMILES string of the molecule is CCCOc1nc(Cl)nc(NCCS(=O)(=O)N(C)C)n1. The summed E-state index contributed by atoms with van der Waals surface area (Å²) in [6.45, 7) is 2.58. The number of rotatable bonds is 8. The van der Waals surface area contributed by atoms with Gasteiger partial charge in [0.15, 0.2) is 0 Å². The molecule has 114 valence electrons. The summed E-state index contributed by atoms with van der Waals surface area (Å²) in [5.41, 5.74) is 0. The van der Waals surface area contributed by atoms with E-state index in [4.69, 9.17) is 16.3 Å². The Bertz CT molecular complexity index is 538. The molecule has 1 heterocycles. The second-order valence-electron chi connectivity index (χ2n) is 4.08. The van der Waals surface area contributed by atoms with Crippen molar-refractivity contribution in [3.63, 3.8) is 0 Å². The van der Waals surface area contributed by atoms with Crippen molar-refractivity contribution < 1.29 is 13.2 Å². The van der Waals surface area contributed by atoms with Gasteiger partial charge in [0.05, 0.1) is 12.4 Å². The summed E-state index contributed by atoms with van der Waals surface area (Å²) < 4.78 is 29.6. The van der Waals surface area contributed by atoms with E-state index in [1.807, 2.05) is 6.92 Å². The van der Waals surface area contributed by atoms with E-state index in [2.05, 4.69) is 20.3 Å². The minimum atomic E-state index is -3.27. The molecule has 1 rings (SSSR count). The number of hydrogen-bond acceptors (Lipinski definition) is 7. The highest BCUT2D eigenvalue weighted by molar-refractivity contribution is 7.89. The largest absolute Gasteiger partial charge is 0.463 e. The molecule has 0 saturated heterocycles. The van der Waals surface area contributed by atoms with E-state index in [9.17, 15) is 8.42 Å². The number of sulfonamides is 1. The zero-order chi connectivity index (χ0) is 15.2. The molecule has 0 unspecified atom stereocenters. The van der Waals surface area contributed by atoms with Crippen LogP contribution in [-0.4, -0.2) is 60.7 Å². The minimum Gasteiger partial charge on any atom is -0.463 e. The van der Waals surface area contributed by atoms with Crippen molar-refractivity contribution in [3.8, 4) is 6.01 Å². The second kappa shape index (κ2) is 7.55. The lowest BCUT2D eigenvalue weighted by atomic mass is 10.5. The molecule has 1 aromatic rings. The third-order valence-electron chi connectivity index (χ3n) is 2.22. The molecule has 0 aliphatic carbocycles. The van der Waals surface area contributed by atoms with Crippen LogP contribution in [0.1, 0.15) is 13.3 Å². The monoisotopic (exact) mass is 323 g/mol. The van der Waals surface area contributed by atoms with E-state index in [1.165, 1.54) is 14.1 Å². The Labute approximate surface area is 123 Å². The van der Waals surface area contributed by atoms with Crippen LogP contribution >= 0.6 is 11.6 Å². The first-order chi connectivity index (χ1) is 9.35. The van der Waals surface area contributed by atoms with Crippen LogP contribution in [0, 0.1) is 0 Å². The summed E-state index contributed by atoms with van der Waals surface area (Å²) >= 11 is 5.74. The zero-order valence-electron chi connectivity index (χ0n) is 11.6. The maximum absolute atomic E-state index is 11.6. The number of nitrogens with zero attached hydrogens (tertiary/aromatic N) is 4. The summed E-state index contributed by atoms with van der Waals surface area (Å²) in [6.07, 6.45) is 0.813. The van der Waals surface area contributed by atoms with E-state index in [1.54, 1.807) is 0 Å². The Balaban J connectivity index is 2.62. The smallest absolute Gasteiger partial charge is 0.322 e. The Hall–Kier alpha value is -1.19. The maximum Gasteiger partial charge on any atom is 0.322 e. The fourth-order valence-electron chi connectivity index (χ4n) is 1.14. The summed E-state index contributed by atoms with van der Waals surface area (Å²) in [5, 5.41) is 2.77. The van der Waals surface area contributed by atoms with Gasteiger partial charge >= 0.3 is 6.01 Å². The first-order valence-electron chi connectivity index (χ1n) is 6.03. The predicted molar refractivity (Wildman–Crippen MR) is 76.6 cm³/mol. The number of nitrogens with one attached hydrogen (secondary N) is 1. The molecule has 1 aromatic heterocycles. The summed E-state index contributed by atoms with van der Waals surface area (Å²) in [5.74, 6) is 0.110. The third-order valence-corrected chi connectivity index (χ3v) is 4.22. The molecule has 0 amide bonds. The highest BCUT2D eigenvalue weighted by Gasteiger charge is 2.13. The fraction of sp³-hybridized carbons (Fsp3) is 0.700. The van der Waals surface area contributed by atoms with Crippen molar-refractivity contribution in [2.24, 2.45) is 0 Å². The van der Waals surface area contributed by atoms with Gasteiger partial charge in [0.25, 0.3) is 0 Å². The van der Waals surface area contributed by atoms with Crippen molar-refractivity contribution in [2.75, 3.05) is 38.3 Å². The molecule has 0 bridgehead atoms. The standard InChI is InChI=1S/C10H18ClN5O3S/c1-4-6-19-10-14-8(11)13-9(15-10)12-5-7-20(17,18)16(2)3/h4-7H2,1-3H3,(H,12,13,14,15). The van der Waals surface area contributed by atoms with Crippen LogP contribution in [0.3, 0.4) is 0 Å². The fourth-order valence-corrected chi connectivity index (χ4v) is 2.02. The molecule has 10 heteroatoms. The predicted octanol–water partition coefficient (Wildman–Crippen LogP) is 0.617. The van der Waals surface area contributed by atoms with Crippen molar-refractivity contribution in [1.29, 1.82) is 0 Å². The van der Waals surface area contributed by atoms with E-state index < -0.39 is 10.0 Å². The molecule has 20 heavy (non-hydrogen) atoms. The van der Waals surface area contributed by atoms with Gasteiger partial charge in [-0.15, -0.1) is 0 Å². The molecule has 0 aliphatic heterocycles. The number of anilines is 1. The molecule has 0 spiro atoms. The topological polar surface area (TPSA) is 97.3 Å². The molecule has 0 radical (unpaired) electrons. The molecular weight excluding hydrogens is 306 g/mol. The number of ether oxygens (including phenoxy) is 1. The van der Waals surface area contributed by atoms with E-state index in [0.29, 0.717) is 6.61 Å². The highest BCUT2D eigenvalue weighted by Crippen LogP contribution is 2.11. The second-order valence-corrected chi connectivity index (χ2v) is 6.72. The van der Waals surface area contributed by atoms with Crippen molar-refractivity contribution in [3.05, 3.63) is 5.28 Å². The molecule has 8 nitrogen and oxygen atoms in total. The summed E-state index contributed by atoms with van der Waals surface area (Å²) in [7, 11) is -0.311. The maximum atomic E-state index is 11.6. The minimum absolute atomic E-state index is 0.0101. The van der Waals surface area contributed by atoms with Crippen LogP contribution < -0.4 is 10.1 Å². The van der Waals surface area contributed by atoms with Crippen LogP contribution in [-0.2, 0) is 10.0 Å². The average Bonchev–Trinajstić information content (AvgIpc) is 2.35. The first kappa shape index (κ1) is 16.9. The molecule has 0 aromatic carbocycles. The number of halogens is 1. The van der Waals surface area contributed by atoms with Crippen molar-refractivity contribution >= 4 is 27.6 Å². The van der Waals surface area contributed by atoms with Crippen molar-refractivity contribution in [1.82, 2.24) is 19.3 Å². The van der Waals surface area contributed by atoms with Gasteiger partial charge in [0.1, 0.15) is 0 Å². The highest BCUT2D eigenvalue weighted by atomic mass is 35.5. The molecule has 0 aliphatic rings. The number of hydrogen-bond donors (Lipinski definition) is 1. The summed E-state index contributed by atoms with van der Waals surface area (Å²) in [6, 6.07) is 0.116. The van der Waals surface area contributed by atoms with E-state index in [0.717, 1.165) is 10.7 Å². The van der Waals surface area contributed by atoms with Crippen LogP contribution in [0.25, 0.3) is 0 Å². The van der Waals surface area contributed by atoms with Crippen molar-refractivity contribution in [2.45, 2.75) is 13.3 Å². The molecule has 0 atom stereocenters. The third kappa shape index (κ3) is 5.43. The van der Waals surface area contributed by atoms with Gasteiger partial charge < -0.3 is 10.1 Å². The van der Waals surface area contributed by atoms with Gasteiger partial charge in [-0.25, -0.2) is 12.7 Å². The Kier molecular flexibility index (Phi) is 6.37. The molecule has 0 fully saturated rings. The van der Waals surface area contributed by atoms with Gasteiger partial charge in [0, 0.05) is 20.6 Å². The quantitative estimate of drug-likeness (QED) is 0.748. The van der Waals surface area contributed by atoms with Crippen LogP contribution in [0.4, 0.5) is 5.95 Å². The van der Waals surface area contributed by atoms with Gasteiger partial charge in [0.2, 0.25) is 21.3 Å². The lowest BCUT2D eigenvalue weighted by Crippen LogP contribution is -2.28. The average molecular weight is 324 g/mol. The molecule has 0 saturated carbocycles. The Morgan fingerprint density at radius 1 is 1.30 bits per heavy atom. The Morgan fingerprint density at radius 2 is 2.00 bits per heavy atom. The molecule has 1 N–H and O–H groups in total. The lowest BCUT2D eigenvalue weighted by Gasteiger charge is -2.11. The van der Waals surface area contributed by atoms with E-state index in [-0.39, 0.29) is 29.5 Å². The normalized spacial score (nSPS) is 11.7. The van der Waals surface area contributed by atoms with Crippen LogP contribution in [0.5, 0.6) is 6.01 Å². The van der Waals surface area contributed by atoms with Gasteiger partial charge in [-0.05, 0) is 18.0 Å². The zero-order valence-corrected chi connectivity index (χ0v) is 13.2. The van der Waals surface area contributed by atoms with Gasteiger partial charge in [-0.2, -0.15) is 15.0 Å². The number of aromatic nitrogens is 3. The van der Waals surface area contributed by atoms with Gasteiger partial charge in [-0.1, -0.05) is 6.92 Å². The van der Waals surface area contributed by atoms with Crippen LogP contribution in [0.15, 0.2) is 0 Å². The van der Waals surface area contributed by atoms with Gasteiger partial charge in [-0.3, -0.25) is 0 Å². The Morgan fingerprint density at radius 3 is 2.60 bits per heavy atom. The first-order valence-corrected chi connectivity index (χ1v) is 8.02. The molecular formula is C10H18ClN5O3S. The van der Waals surface area contributed by atoms with Crippen LogP contribution in [0.2, 0.25) is 5.28 Å². The lowest BCUT2D eigenvalue weighted by molar-refractivity contribution is 0.291.